The molecule has 12 heteroatoms. The summed E-state index contributed by atoms with van der Waals surface area (Å²) in [6.45, 7) is 0.251. The number of hydrazone groups is 1. The van der Waals surface area contributed by atoms with Gasteiger partial charge in [-0.05, 0) is 42.0 Å². The van der Waals surface area contributed by atoms with Crippen LogP contribution in [0.3, 0.4) is 0 Å². The molecule has 0 aliphatic rings. The maximum Gasteiger partial charge on any atom is 0.240 e. The molecule has 4 rings (SSSR count). The smallest absolute Gasteiger partial charge is 0.240 e. The zero-order valence-corrected chi connectivity index (χ0v) is 19.9. The van der Waals surface area contributed by atoms with Crippen molar-refractivity contribution in [1.29, 1.82) is 0 Å². The Bertz CT molecular complexity index is 1290. The lowest BCUT2D eigenvalue weighted by molar-refractivity contribution is 0.102. The number of ether oxygens (including phenoxy) is 3. The third kappa shape index (κ3) is 6.60. The Kier molecular flexibility index (Phi) is 7.96. The van der Waals surface area contributed by atoms with Crippen LogP contribution in [0.15, 0.2) is 71.2 Å². The number of methoxy groups -OCH3 is 2. The van der Waals surface area contributed by atoms with Gasteiger partial charge >= 0.3 is 0 Å². The second kappa shape index (κ2) is 11.7. The quantitative estimate of drug-likeness (QED) is 0.132. The van der Waals surface area contributed by atoms with Crippen LogP contribution in [-0.2, 0) is 6.73 Å². The molecule has 0 saturated heterocycles. The van der Waals surface area contributed by atoms with Crippen molar-refractivity contribution in [2.24, 2.45) is 5.10 Å². The monoisotopic (exact) mass is 493 g/mol. The number of nitrogens with one attached hydrogen (secondary N) is 2. The van der Waals surface area contributed by atoms with Gasteiger partial charge in [0.2, 0.25) is 11.1 Å². The van der Waals surface area contributed by atoms with E-state index >= 15 is 0 Å². The number of thioether (sulfide) groups is 1. The largest absolute Gasteiger partial charge is 0.497 e. The highest BCUT2D eigenvalue weighted by atomic mass is 32.2. The number of aromatic nitrogens is 5. The van der Waals surface area contributed by atoms with Crippen LogP contribution in [0.25, 0.3) is 0 Å². The highest BCUT2D eigenvalue weighted by Crippen LogP contribution is 2.28. The highest BCUT2D eigenvalue weighted by Gasteiger charge is 2.11. The SMILES string of the molecule is COc1cccc(C(=O)CSc2n[nH]c(N/N=C/c3ccc(OC)c(OCn4cccn4)c3)n2)c1. The van der Waals surface area contributed by atoms with Crippen LogP contribution in [0, 0.1) is 0 Å². The summed E-state index contributed by atoms with van der Waals surface area (Å²) < 4.78 is 18.0. The number of rotatable bonds is 12. The summed E-state index contributed by atoms with van der Waals surface area (Å²) in [6.07, 6.45) is 5.10. The van der Waals surface area contributed by atoms with Crippen molar-refractivity contribution in [1.82, 2.24) is 25.0 Å². The van der Waals surface area contributed by atoms with Gasteiger partial charge in [0.15, 0.2) is 24.0 Å². The van der Waals surface area contributed by atoms with E-state index in [9.17, 15) is 4.79 Å². The number of nitrogens with zero attached hydrogens (tertiary/aromatic N) is 5. The first-order chi connectivity index (χ1) is 17.1. The van der Waals surface area contributed by atoms with E-state index in [0.717, 1.165) is 5.56 Å². The van der Waals surface area contributed by atoms with Crippen LogP contribution in [-0.4, -0.2) is 56.9 Å². The molecule has 35 heavy (non-hydrogen) atoms. The van der Waals surface area contributed by atoms with E-state index in [0.29, 0.717) is 33.9 Å². The molecule has 0 atom stereocenters. The molecule has 11 nitrogen and oxygen atoms in total. The number of benzene rings is 2. The third-order valence-corrected chi connectivity index (χ3v) is 5.52. The molecule has 0 saturated carbocycles. The van der Waals surface area contributed by atoms with Gasteiger partial charge in [-0.25, -0.2) is 15.2 Å². The van der Waals surface area contributed by atoms with Crippen molar-refractivity contribution in [3.63, 3.8) is 0 Å². The summed E-state index contributed by atoms with van der Waals surface area (Å²) in [5.74, 6) is 2.30. The van der Waals surface area contributed by atoms with Gasteiger partial charge in [0.05, 0.1) is 26.2 Å². The zero-order chi connectivity index (χ0) is 24.5. The first-order valence-electron chi connectivity index (χ1n) is 10.4. The van der Waals surface area contributed by atoms with E-state index in [4.69, 9.17) is 14.2 Å². The summed E-state index contributed by atoms with van der Waals surface area (Å²) in [5.41, 5.74) is 4.15. The first kappa shape index (κ1) is 23.8. The Balaban J connectivity index is 1.30. The van der Waals surface area contributed by atoms with Crippen LogP contribution in [0.4, 0.5) is 5.95 Å². The fourth-order valence-electron chi connectivity index (χ4n) is 2.94. The van der Waals surface area contributed by atoms with Gasteiger partial charge in [-0.2, -0.15) is 15.2 Å². The zero-order valence-electron chi connectivity index (χ0n) is 19.0. The molecule has 0 amide bonds. The number of ketones is 1. The minimum atomic E-state index is -0.0451. The molecule has 0 unspecified atom stereocenters. The lowest BCUT2D eigenvalue weighted by Gasteiger charge is -2.11. The van der Waals surface area contributed by atoms with Gasteiger partial charge in [0.1, 0.15) is 5.75 Å². The Morgan fingerprint density at radius 1 is 1.17 bits per heavy atom. The number of aromatic amines is 1. The second-order valence-corrected chi connectivity index (χ2v) is 7.95. The summed E-state index contributed by atoms with van der Waals surface area (Å²) in [7, 11) is 3.14. The number of carbonyl (C=O) groups excluding carboxylic acids is 1. The van der Waals surface area contributed by atoms with E-state index in [1.165, 1.54) is 11.8 Å². The number of Topliss-reactive ketones (excluding diaryl/α,β-unsaturated/α-hetero) is 1. The van der Waals surface area contributed by atoms with E-state index in [-0.39, 0.29) is 18.3 Å². The minimum Gasteiger partial charge on any atom is -0.497 e. The molecule has 2 N–H and O–H groups in total. The second-order valence-electron chi connectivity index (χ2n) is 7.01. The number of hydrogen-bond acceptors (Lipinski definition) is 10. The molecule has 2 aromatic carbocycles. The van der Waals surface area contributed by atoms with Crippen molar-refractivity contribution in [2.75, 3.05) is 25.4 Å². The topological polar surface area (TPSA) is 129 Å². The summed E-state index contributed by atoms with van der Waals surface area (Å²) in [5, 5.41) is 15.6. The first-order valence-corrected chi connectivity index (χ1v) is 11.4. The Hall–Kier alpha value is -4.32. The molecular weight excluding hydrogens is 470 g/mol. The highest BCUT2D eigenvalue weighted by molar-refractivity contribution is 7.99. The molecule has 4 aromatic rings. The van der Waals surface area contributed by atoms with Crippen molar-refractivity contribution < 1.29 is 19.0 Å². The molecule has 180 valence electrons. The maximum absolute atomic E-state index is 12.4. The fourth-order valence-corrected chi connectivity index (χ4v) is 3.63. The Morgan fingerprint density at radius 3 is 2.89 bits per heavy atom. The van der Waals surface area contributed by atoms with Crippen molar-refractivity contribution in [3.05, 3.63) is 72.1 Å². The van der Waals surface area contributed by atoms with Crippen LogP contribution < -0.4 is 19.6 Å². The van der Waals surface area contributed by atoms with Crippen LogP contribution >= 0.6 is 11.8 Å². The van der Waals surface area contributed by atoms with Crippen LogP contribution in [0.5, 0.6) is 17.2 Å². The van der Waals surface area contributed by atoms with Gasteiger partial charge in [0, 0.05) is 18.0 Å². The van der Waals surface area contributed by atoms with Gasteiger partial charge in [-0.1, -0.05) is 23.9 Å². The van der Waals surface area contributed by atoms with Gasteiger partial charge < -0.3 is 14.2 Å². The number of H-pyrrole nitrogens is 1. The molecule has 0 radical (unpaired) electrons. The van der Waals surface area contributed by atoms with Crippen molar-refractivity contribution in [2.45, 2.75) is 11.9 Å². The fraction of sp³-hybridized carbons (Fsp3) is 0.174. The molecule has 2 aromatic heterocycles. The standard InChI is InChI=1S/C23H23N7O4S/c1-32-18-6-3-5-17(12-18)19(31)14-35-23-26-22(28-29-23)27-24-13-16-7-8-20(33-2)21(11-16)34-15-30-10-4-9-25-30/h3-13H,14-15H2,1-2H3,(H2,26,27,28,29)/b24-13+. The number of anilines is 1. The Labute approximate surface area is 205 Å². The normalized spacial score (nSPS) is 10.9. The predicted molar refractivity (Wildman–Crippen MR) is 131 cm³/mol. The molecule has 0 fully saturated rings. The van der Waals surface area contributed by atoms with Crippen molar-refractivity contribution >= 4 is 29.7 Å². The average molecular weight is 494 g/mol. The van der Waals surface area contributed by atoms with E-state index in [1.807, 2.05) is 12.1 Å². The summed E-state index contributed by atoms with van der Waals surface area (Å²) in [6, 6.07) is 14.3. The molecule has 0 bridgehead atoms. The molecule has 0 aliphatic heterocycles. The van der Waals surface area contributed by atoms with E-state index in [1.54, 1.807) is 73.9 Å². The lowest BCUT2D eigenvalue weighted by Crippen LogP contribution is -2.06. The molecule has 0 spiro atoms. The van der Waals surface area contributed by atoms with Crippen molar-refractivity contribution in [3.8, 4) is 17.2 Å². The van der Waals surface area contributed by atoms with Gasteiger partial charge in [-0.3, -0.25) is 4.79 Å². The maximum atomic E-state index is 12.4. The van der Waals surface area contributed by atoms with Gasteiger partial charge in [-0.15, -0.1) is 5.10 Å². The summed E-state index contributed by atoms with van der Waals surface area (Å²) in [4.78, 5) is 16.7. The lowest BCUT2D eigenvalue weighted by atomic mass is 10.1. The molecule has 0 aliphatic carbocycles. The van der Waals surface area contributed by atoms with Crippen LogP contribution in [0.2, 0.25) is 0 Å². The van der Waals surface area contributed by atoms with E-state index in [2.05, 4.69) is 30.8 Å². The average Bonchev–Trinajstić information content (AvgIpc) is 3.58. The number of hydrogen-bond donors (Lipinski definition) is 2. The molecular formula is C23H23N7O4S. The number of carbonyl (C=O) groups is 1. The third-order valence-electron chi connectivity index (χ3n) is 4.67. The minimum absolute atomic E-state index is 0.0451. The summed E-state index contributed by atoms with van der Waals surface area (Å²) >= 11 is 1.22. The molecule has 2 heterocycles. The van der Waals surface area contributed by atoms with Gasteiger partial charge in [0.25, 0.3) is 0 Å². The predicted octanol–water partition coefficient (Wildman–Crippen LogP) is 3.48. The van der Waals surface area contributed by atoms with Crippen LogP contribution in [0.1, 0.15) is 15.9 Å². The van der Waals surface area contributed by atoms with E-state index < -0.39 is 0 Å². The Morgan fingerprint density at radius 2 is 2.09 bits per heavy atom.